The minimum Gasteiger partial charge on any atom is -0.201 e. The molecule has 304 valence electrons. The Hall–Kier alpha value is -8.08. The van der Waals surface area contributed by atoms with Gasteiger partial charge in [-0.2, -0.15) is 0 Å². The van der Waals surface area contributed by atoms with Crippen LogP contribution in [0.25, 0.3) is 66.8 Å². The molecule has 10 aromatic rings. The molecule has 0 saturated carbocycles. The second kappa shape index (κ2) is 17.4. The summed E-state index contributed by atoms with van der Waals surface area (Å²) in [6, 6.07) is 71.3. The lowest BCUT2D eigenvalue weighted by Crippen LogP contribution is -2.33. The van der Waals surface area contributed by atoms with E-state index < -0.39 is 0 Å². The zero-order valence-electron chi connectivity index (χ0n) is 35.7. The van der Waals surface area contributed by atoms with Crippen LogP contribution in [0.4, 0.5) is 0 Å². The molecular weight excluding hydrogens is 777 g/mol. The van der Waals surface area contributed by atoms with E-state index in [1.807, 2.05) is 0 Å². The van der Waals surface area contributed by atoms with Crippen LogP contribution in [0.5, 0.6) is 0 Å². The maximum absolute atomic E-state index is 2.25. The molecule has 0 saturated heterocycles. The standard InChI is InChI=1S/C60H48N4/c1-2-46-4-3-45(1)41-61-33-25-57(26-34-61)53-17-9-49(10-18-53)51-13-21-55(22-14-51)59-29-37-63(38-30-59)43-47-5-7-48(8-6-47)44-64-39-31-60(32-40-64)56-23-15-52(16-24-56)50-11-19-54(20-12-50)58-27-35-62(42-46)36-28-58/h1-40H,41-44H2/q+4. The normalized spacial score (nSPS) is 12.1. The molecule has 28 aliphatic heterocycles. The molecule has 0 radical (unpaired) electrons. The van der Waals surface area contributed by atoms with Crippen molar-refractivity contribution in [1.29, 1.82) is 0 Å². The topological polar surface area (TPSA) is 15.5 Å². The third-order valence-electron chi connectivity index (χ3n) is 12.6. The maximum Gasteiger partial charge on any atom is 0.173 e. The van der Waals surface area contributed by atoms with E-state index in [0.29, 0.717) is 0 Å². The van der Waals surface area contributed by atoms with Crippen LogP contribution in [-0.4, -0.2) is 0 Å². The van der Waals surface area contributed by atoms with Gasteiger partial charge in [0.1, 0.15) is 0 Å². The van der Waals surface area contributed by atoms with Crippen LogP contribution >= 0.6 is 0 Å². The van der Waals surface area contributed by atoms with Gasteiger partial charge in [-0.25, -0.2) is 18.3 Å². The van der Waals surface area contributed by atoms with Gasteiger partial charge < -0.3 is 0 Å². The average molecular weight is 825 g/mol. The van der Waals surface area contributed by atoms with Crippen molar-refractivity contribution in [2.75, 3.05) is 0 Å². The first-order valence-electron chi connectivity index (χ1n) is 22.1. The number of hydrogen-bond acceptors (Lipinski definition) is 0. The lowest BCUT2D eigenvalue weighted by molar-refractivity contribution is -0.688. The first kappa shape index (κ1) is 38.8. The van der Waals surface area contributed by atoms with Crippen molar-refractivity contribution in [2.45, 2.75) is 26.2 Å². The Balaban J connectivity index is 0.837. The van der Waals surface area contributed by atoms with Gasteiger partial charge in [0.15, 0.2) is 75.8 Å². The molecule has 0 unspecified atom stereocenters. The van der Waals surface area contributed by atoms with Crippen LogP contribution in [0.15, 0.2) is 244 Å². The Labute approximate surface area is 375 Å². The molecule has 0 aliphatic carbocycles. The largest absolute Gasteiger partial charge is 0.201 e. The van der Waals surface area contributed by atoms with Crippen molar-refractivity contribution in [3.8, 4) is 66.8 Å². The van der Waals surface area contributed by atoms with Crippen LogP contribution in [0, 0.1) is 0 Å². The quantitative estimate of drug-likeness (QED) is 0.135. The zero-order chi connectivity index (χ0) is 42.7. The average Bonchev–Trinajstić information content (AvgIpc) is 3.36. The number of rotatable bonds is 0. The molecule has 4 heteroatoms. The molecule has 0 fully saturated rings. The second-order valence-corrected chi connectivity index (χ2v) is 17.0. The third kappa shape index (κ3) is 8.68. The lowest BCUT2D eigenvalue weighted by atomic mass is 9.98. The van der Waals surface area contributed by atoms with E-state index in [2.05, 4.69) is 262 Å². The van der Waals surface area contributed by atoms with E-state index in [-0.39, 0.29) is 0 Å². The van der Waals surface area contributed by atoms with Crippen molar-refractivity contribution < 1.29 is 18.3 Å². The summed E-state index contributed by atoms with van der Waals surface area (Å²) < 4.78 is 8.97. The van der Waals surface area contributed by atoms with Crippen LogP contribution in [-0.2, 0) is 26.2 Å². The molecule has 6 aromatic carbocycles. The Kier molecular flexibility index (Phi) is 10.5. The van der Waals surface area contributed by atoms with E-state index in [1.54, 1.807) is 0 Å². The first-order chi connectivity index (χ1) is 31.6. The fourth-order valence-electron chi connectivity index (χ4n) is 8.78. The van der Waals surface area contributed by atoms with Crippen LogP contribution in [0.3, 0.4) is 0 Å². The molecular formula is C60H48N4+4. The van der Waals surface area contributed by atoms with Crippen molar-refractivity contribution >= 4 is 0 Å². The van der Waals surface area contributed by atoms with Crippen molar-refractivity contribution in [3.05, 3.63) is 266 Å². The number of benzene rings is 6. The summed E-state index contributed by atoms with van der Waals surface area (Å²) in [5, 5.41) is 0. The fraction of sp³-hybridized carbons (Fsp3) is 0.0667. The van der Waals surface area contributed by atoms with Gasteiger partial charge in [0.05, 0.1) is 0 Å². The zero-order valence-corrected chi connectivity index (χ0v) is 35.7. The molecule has 0 atom stereocenters. The molecule has 20 bridgehead atoms. The molecule has 38 rings (SSSR count). The summed E-state index contributed by atoms with van der Waals surface area (Å²) in [5.41, 5.74) is 19.7. The van der Waals surface area contributed by atoms with Crippen LogP contribution < -0.4 is 18.3 Å². The van der Waals surface area contributed by atoms with Gasteiger partial charge in [-0.1, -0.05) is 146 Å². The summed E-state index contributed by atoms with van der Waals surface area (Å²) in [6.07, 6.45) is 17.4. The minimum atomic E-state index is 0.826. The van der Waals surface area contributed by atoms with E-state index in [1.165, 1.54) is 89.0 Å². The van der Waals surface area contributed by atoms with Gasteiger partial charge in [0.2, 0.25) is 0 Å². The number of pyridine rings is 4. The maximum atomic E-state index is 2.25. The summed E-state index contributed by atoms with van der Waals surface area (Å²) >= 11 is 0. The van der Waals surface area contributed by atoms with Gasteiger partial charge in [-0.3, -0.25) is 0 Å². The van der Waals surface area contributed by atoms with Gasteiger partial charge in [-0.05, 0) is 66.8 Å². The molecule has 0 amide bonds. The van der Waals surface area contributed by atoms with Gasteiger partial charge >= 0.3 is 0 Å². The summed E-state index contributed by atoms with van der Waals surface area (Å²) in [7, 11) is 0. The SMILES string of the molecule is c1cc2ccc1C[n+]1ccc(cc1)-c1ccc(cc1)-c1ccc(cc1)-c1cc[n+](cc1)Cc1ccc(cc1)C[n+]1ccc(cc1)-c1ccc(cc1)-c1ccc(cc1)-c1cc[n+](cc1)C2. The van der Waals surface area contributed by atoms with E-state index >= 15 is 0 Å². The number of hydrogen-bond donors (Lipinski definition) is 0. The summed E-state index contributed by atoms with van der Waals surface area (Å²) in [6.45, 7) is 3.30. The molecule has 0 N–H and O–H groups in total. The van der Waals surface area contributed by atoms with Crippen molar-refractivity contribution in [1.82, 2.24) is 0 Å². The van der Waals surface area contributed by atoms with E-state index in [4.69, 9.17) is 0 Å². The van der Waals surface area contributed by atoms with Gasteiger partial charge in [0, 0.05) is 70.8 Å². The highest BCUT2D eigenvalue weighted by atomic mass is 14.9. The van der Waals surface area contributed by atoms with Crippen molar-refractivity contribution in [2.24, 2.45) is 0 Å². The van der Waals surface area contributed by atoms with Gasteiger partial charge in [0.25, 0.3) is 0 Å². The smallest absolute Gasteiger partial charge is 0.173 e. The highest BCUT2D eigenvalue weighted by molar-refractivity contribution is 5.74. The Morgan fingerprint density at radius 2 is 0.281 bits per heavy atom. The molecule has 4 aromatic heterocycles. The summed E-state index contributed by atoms with van der Waals surface area (Å²) in [5.74, 6) is 0. The minimum absolute atomic E-state index is 0.826. The lowest BCUT2D eigenvalue weighted by Gasteiger charge is -2.07. The number of nitrogens with zero attached hydrogens (tertiary/aromatic N) is 4. The first-order valence-corrected chi connectivity index (χ1v) is 22.1. The summed E-state index contributed by atoms with van der Waals surface area (Å²) in [4.78, 5) is 0. The Bertz CT molecular complexity index is 2700. The van der Waals surface area contributed by atoms with E-state index in [0.717, 1.165) is 26.2 Å². The molecule has 28 aliphatic rings. The number of aromatic nitrogens is 4. The Morgan fingerprint density at radius 3 is 0.422 bits per heavy atom. The van der Waals surface area contributed by atoms with E-state index in [9.17, 15) is 0 Å². The molecule has 32 heterocycles. The van der Waals surface area contributed by atoms with Crippen molar-refractivity contribution in [3.63, 3.8) is 0 Å². The predicted octanol–water partition coefficient (Wildman–Crippen LogP) is 11.3. The van der Waals surface area contributed by atoms with Crippen LogP contribution in [0.1, 0.15) is 22.3 Å². The predicted molar refractivity (Wildman–Crippen MR) is 256 cm³/mol. The van der Waals surface area contributed by atoms with Gasteiger partial charge in [-0.15, -0.1) is 0 Å². The van der Waals surface area contributed by atoms with Crippen LogP contribution in [0.2, 0.25) is 0 Å². The third-order valence-corrected chi connectivity index (χ3v) is 12.6. The Morgan fingerprint density at radius 1 is 0.156 bits per heavy atom. The molecule has 4 nitrogen and oxygen atoms in total. The fourth-order valence-corrected chi connectivity index (χ4v) is 8.78. The highest BCUT2D eigenvalue weighted by Crippen LogP contribution is 2.29. The monoisotopic (exact) mass is 824 g/mol. The molecule has 0 spiro atoms. The highest BCUT2D eigenvalue weighted by Gasteiger charge is 2.12. The molecule has 64 heavy (non-hydrogen) atoms. The second-order valence-electron chi connectivity index (χ2n) is 17.0.